The van der Waals surface area contributed by atoms with Gasteiger partial charge in [0.2, 0.25) is 11.8 Å². The Bertz CT molecular complexity index is 1540. The van der Waals surface area contributed by atoms with Crippen LogP contribution in [-0.2, 0) is 28.7 Å². The summed E-state index contributed by atoms with van der Waals surface area (Å²) < 4.78 is 40.9. The van der Waals surface area contributed by atoms with Crippen molar-refractivity contribution in [2.75, 3.05) is 52.9 Å². The number of rotatable bonds is 12. The molecule has 0 aliphatic carbocycles. The maximum atomic E-state index is 14.1. The number of halogens is 4. The van der Waals surface area contributed by atoms with E-state index in [4.69, 9.17) is 11.6 Å². The van der Waals surface area contributed by atoms with Crippen molar-refractivity contribution in [3.63, 3.8) is 0 Å². The van der Waals surface area contributed by atoms with Gasteiger partial charge in [0.05, 0.1) is 5.56 Å². The summed E-state index contributed by atoms with van der Waals surface area (Å²) in [5, 5.41) is 3.65. The Labute approximate surface area is 286 Å². The van der Waals surface area contributed by atoms with Crippen LogP contribution in [0.2, 0.25) is 5.02 Å². The Morgan fingerprint density at radius 3 is 2.31 bits per heavy atom. The number of fused-ring (bicyclic) bond motifs is 1. The van der Waals surface area contributed by atoms with E-state index in [0.29, 0.717) is 49.7 Å². The Kier molecular flexibility index (Phi) is 11.8. The van der Waals surface area contributed by atoms with Crippen molar-refractivity contribution in [2.45, 2.75) is 57.5 Å². The molecule has 1 fully saturated rings. The summed E-state index contributed by atoms with van der Waals surface area (Å²) in [5.41, 5.74) is 3.17. The van der Waals surface area contributed by atoms with Crippen LogP contribution in [-0.4, -0.2) is 90.3 Å². The van der Waals surface area contributed by atoms with Gasteiger partial charge in [-0.15, -0.1) is 0 Å². The number of nitrogens with one attached hydrogen (secondary N) is 1. The summed E-state index contributed by atoms with van der Waals surface area (Å²) >= 11 is 6.12. The molecule has 1 saturated heterocycles. The van der Waals surface area contributed by atoms with Crippen LogP contribution in [0.15, 0.2) is 72.8 Å². The maximum Gasteiger partial charge on any atom is 0.416 e. The van der Waals surface area contributed by atoms with E-state index in [-0.39, 0.29) is 30.3 Å². The van der Waals surface area contributed by atoms with E-state index in [1.807, 2.05) is 45.2 Å². The molecule has 2 amide bonds. The molecule has 0 spiro atoms. The highest BCUT2D eigenvalue weighted by molar-refractivity contribution is 6.30. The monoisotopic (exact) mass is 683 g/mol. The van der Waals surface area contributed by atoms with Gasteiger partial charge in [-0.1, -0.05) is 74.0 Å². The molecule has 0 radical (unpaired) electrons. The van der Waals surface area contributed by atoms with Gasteiger partial charge in [0.15, 0.2) is 0 Å². The van der Waals surface area contributed by atoms with E-state index in [9.17, 15) is 22.8 Å². The third-order valence-electron chi connectivity index (χ3n) is 9.72. The standard InChI is InChI=1S/C37H45ClF3N5O2/c1-4-44(5-2)25-34(27-10-8-11-29(22-27)37(39,40)41)45-17-19-46(20-18-45)36(48)32(21-26-13-15-30(38)16-14-26)42-35(47)23-33-31-12-7-6-9-28(31)24-43(33)3/h6-16,22,32-34H,4-5,17-21,23-25H2,1-3H3,(H,42,47)/t32-,33?,34?/m1/s1. The Balaban J connectivity index is 1.30. The van der Waals surface area contributed by atoms with Crippen molar-refractivity contribution in [1.29, 1.82) is 0 Å². The van der Waals surface area contributed by atoms with E-state index < -0.39 is 17.8 Å². The van der Waals surface area contributed by atoms with Crippen molar-refractivity contribution in [1.82, 2.24) is 24.9 Å². The summed E-state index contributed by atoms with van der Waals surface area (Å²) in [5.74, 6) is -0.365. The van der Waals surface area contributed by atoms with Crippen molar-refractivity contribution in [2.24, 2.45) is 0 Å². The molecule has 0 saturated carbocycles. The van der Waals surface area contributed by atoms with Crippen LogP contribution < -0.4 is 5.32 Å². The third kappa shape index (κ3) is 8.77. The molecule has 5 rings (SSSR count). The van der Waals surface area contributed by atoms with Gasteiger partial charge >= 0.3 is 6.18 Å². The molecule has 3 aromatic rings. The topological polar surface area (TPSA) is 59.1 Å². The minimum Gasteiger partial charge on any atom is -0.344 e. The number of carbonyl (C=O) groups excluding carboxylic acids is 2. The summed E-state index contributed by atoms with van der Waals surface area (Å²) in [6.45, 7) is 8.79. The van der Waals surface area contributed by atoms with E-state index in [1.54, 1.807) is 23.1 Å². The predicted octanol–water partition coefficient (Wildman–Crippen LogP) is 6.19. The zero-order valence-electron chi connectivity index (χ0n) is 27.8. The van der Waals surface area contributed by atoms with Crippen LogP contribution in [0.3, 0.4) is 0 Å². The van der Waals surface area contributed by atoms with Crippen molar-refractivity contribution >= 4 is 23.4 Å². The van der Waals surface area contributed by atoms with E-state index in [1.165, 1.54) is 17.7 Å². The van der Waals surface area contributed by atoms with Gasteiger partial charge in [-0.2, -0.15) is 13.2 Å². The SMILES string of the molecule is CCN(CC)CC(c1cccc(C(F)(F)F)c1)N1CCN(C(=O)[C@@H](Cc2ccc(Cl)cc2)NC(=O)CC2c3ccccc3CN2C)CC1. The fourth-order valence-electron chi connectivity index (χ4n) is 6.93. The molecule has 7 nitrogen and oxygen atoms in total. The van der Waals surface area contributed by atoms with Crippen LogP contribution in [0.4, 0.5) is 13.2 Å². The number of piperazine rings is 1. The zero-order chi connectivity index (χ0) is 34.4. The van der Waals surface area contributed by atoms with E-state index >= 15 is 0 Å². The lowest BCUT2D eigenvalue weighted by Gasteiger charge is -2.42. The molecule has 3 atom stereocenters. The van der Waals surface area contributed by atoms with Gasteiger partial charge < -0.3 is 15.1 Å². The smallest absolute Gasteiger partial charge is 0.344 e. The number of likely N-dealkylation sites (N-methyl/N-ethyl adjacent to an activating group) is 1. The van der Waals surface area contributed by atoms with Crippen LogP contribution in [0.1, 0.15) is 60.2 Å². The van der Waals surface area contributed by atoms with Crippen LogP contribution in [0.5, 0.6) is 0 Å². The predicted molar refractivity (Wildman–Crippen MR) is 182 cm³/mol. The Hall–Kier alpha value is -3.44. The number of benzene rings is 3. The summed E-state index contributed by atoms with van der Waals surface area (Å²) in [6.07, 6.45) is -3.88. The minimum atomic E-state index is -4.43. The van der Waals surface area contributed by atoms with Gasteiger partial charge in [0.1, 0.15) is 6.04 Å². The Morgan fingerprint density at radius 2 is 1.65 bits per heavy atom. The molecular formula is C37H45ClF3N5O2. The molecule has 11 heteroatoms. The number of alkyl halides is 3. The molecular weight excluding hydrogens is 639 g/mol. The number of amides is 2. The number of hydrogen-bond donors (Lipinski definition) is 1. The lowest BCUT2D eigenvalue weighted by Crippen LogP contribution is -2.56. The maximum absolute atomic E-state index is 14.1. The fraction of sp³-hybridized carbons (Fsp3) is 0.459. The number of nitrogens with zero attached hydrogens (tertiary/aromatic N) is 4. The summed E-state index contributed by atoms with van der Waals surface area (Å²) in [7, 11) is 2.00. The minimum absolute atomic E-state index is 0.0744. The summed E-state index contributed by atoms with van der Waals surface area (Å²) in [4.78, 5) is 35.9. The molecule has 3 aromatic carbocycles. The Morgan fingerprint density at radius 1 is 0.958 bits per heavy atom. The molecule has 2 heterocycles. The first-order valence-corrected chi connectivity index (χ1v) is 17.1. The molecule has 2 aliphatic rings. The molecule has 2 aliphatic heterocycles. The first-order chi connectivity index (χ1) is 23.0. The second-order valence-electron chi connectivity index (χ2n) is 12.8. The van der Waals surface area contributed by atoms with Crippen LogP contribution >= 0.6 is 11.6 Å². The first kappa shape index (κ1) is 35.9. The van der Waals surface area contributed by atoms with Gasteiger partial charge in [-0.05, 0) is 66.7 Å². The average Bonchev–Trinajstić information content (AvgIpc) is 3.39. The molecule has 0 bridgehead atoms. The lowest BCUT2D eigenvalue weighted by atomic mass is 9.99. The molecule has 258 valence electrons. The fourth-order valence-corrected chi connectivity index (χ4v) is 7.05. The third-order valence-corrected chi connectivity index (χ3v) is 9.97. The second-order valence-corrected chi connectivity index (χ2v) is 13.2. The highest BCUT2D eigenvalue weighted by Gasteiger charge is 2.35. The second kappa shape index (κ2) is 15.8. The van der Waals surface area contributed by atoms with Crippen molar-refractivity contribution in [3.05, 3.63) is 106 Å². The van der Waals surface area contributed by atoms with E-state index in [0.717, 1.165) is 36.8 Å². The lowest BCUT2D eigenvalue weighted by molar-refractivity contribution is -0.139. The highest BCUT2D eigenvalue weighted by Crippen LogP contribution is 2.35. The molecule has 0 aromatic heterocycles. The normalized spacial score (nSPS) is 18.5. The molecule has 48 heavy (non-hydrogen) atoms. The largest absolute Gasteiger partial charge is 0.416 e. The highest BCUT2D eigenvalue weighted by atomic mass is 35.5. The summed E-state index contributed by atoms with van der Waals surface area (Å²) in [6, 6.07) is 19.9. The van der Waals surface area contributed by atoms with Crippen molar-refractivity contribution in [3.8, 4) is 0 Å². The first-order valence-electron chi connectivity index (χ1n) is 16.7. The number of hydrogen-bond acceptors (Lipinski definition) is 5. The average molecular weight is 684 g/mol. The molecule has 1 N–H and O–H groups in total. The van der Waals surface area contributed by atoms with Gasteiger partial charge in [0.25, 0.3) is 0 Å². The van der Waals surface area contributed by atoms with Crippen molar-refractivity contribution < 1.29 is 22.8 Å². The van der Waals surface area contributed by atoms with Crippen LogP contribution in [0, 0.1) is 0 Å². The van der Waals surface area contributed by atoms with Gasteiger partial charge in [-0.3, -0.25) is 19.4 Å². The quantitative estimate of drug-likeness (QED) is 0.247. The number of carbonyl (C=O) groups is 2. The molecule has 2 unspecified atom stereocenters. The van der Waals surface area contributed by atoms with Gasteiger partial charge in [-0.25, -0.2) is 0 Å². The van der Waals surface area contributed by atoms with E-state index in [2.05, 4.69) is 32.1 Å². The zero-order valence-corrected chi connectivity index (χ0v) is 28.6. The van der Waals surface area contributed by atoms with Crippen LogP contribution in [0.25, 0.3) is 0 Å². The van der Waals surface area contributed by atoms with Gasteiger partial charge in [0, 0.05) is 69.2 Å².